The van der Waals surface area contributed by atoms with Gasteiger partial charge in [-0.25, -0.2) is 0 Å². The highest BCUT2D eigenvalue weighted by molar-refractivity contribution is 5.93. The Bertz CT molecular complexity index is 650. The molecular formula is C17H19N3O. The predicted octanol–water partition coefficient (Wildman–Crippen LogP) is 2.89. The SMILES string of the molecule is Cc1cccc(CNC(=O)c2cc(NC3CC3)ccn2)c1. The Balaban J connectivity index is 1.61. The number of hydrogen-bond donors (Lipinski definition) is 2. The van der Waals surface area contributed by atoms with Gasteiger partial charge < -0.3 is 10.6 Å². The summed E-state index contributed by atoms with van der Waals surface area (Å²) in [6.45, 7) is 2.56. The van der Waals surface area contributed by atoms with Crippen LogP contribution >= 0.6 is 0 Å². The third kappa shape index (κ3) is 3.81. The van der Waals surface area contributed by atoms with Crippen LogP contribution in [0.2, 0.25) is 0 Å². The highest BCUT2D eigenvalue weighted by Crippen LogP contribution is 2.24. The number of rotatable bonds is 5. The Morgan fingerprint density at radius 3 is 2.90 bits per heavy atom. The zero-order valence-corrected chi connectivity index (χ0v) is 12.1. The molecule has 1 aliphatic rings. The largest absolute Gasteiger partial charge is 0.382 e. The van der Waals surface area contributed by atoms with Crippen molar-refractivity contribution in [3.8, 4) is 0 Å². The lowest BCUT2D eigenvalue weighted by molar-refractivity contribution is 0.0946. The highest BCUT2D eigenvalue weighted by Gasteiger charge is 2.21. The highest BCUT2D eigenvalue weighted by atomic mass is 16.1. The average molecular weight is 281 g/mol. The van der Waals surface area contributed by atoms with Crippen LogP contribution in [0.3, 0.4) is 0 Å². The molecule has 1 amide bonds. The van der Waals surface area contributed by atoms with E-state index in [1.54, 1.807) is 6.20 Å². The smallest absolute Gasteiger partial charge is 0.270 e. The van der Waals surface area contributed by atoms with E-state index >= 15 is 0 Å². The minimum Gasteiger partial charge on any atom is -0.382 e. The van der Waals surface area contributed by atoms with E-state index in [1.165, 1.54) is 18.4 Å². The van der Waals surface area contributed by atoms with Gasteiger partial charge in [-0.15, -0.1) is 0 Å². The summed E-state index contributed by atoms with van der Waals surface area (Å²) in [5.41, 5.74) is 3.70. The molecule has 21 heavy (non-hydrogen) atoms. The van der Waals surface area contributed by atoms with Crippen molar-refractivity contribution in [2.75, 3.05) is 5.32 Å². The first-order valence-corrected chi connectivity index (χ1v) is 7.27. The van der Waals surface area contributed by atoms with Gasteiger partial charge in [-0.2, -0.15) is 0 Å². The number of nitrogens with zero attached hydrogens (tertiary/aromatic N) is 1. The number of aryl methyl sites for hydroxylation is 1. The van der Waals surface area contributed by atoms with E-state index in [0.717, 1.165) is 11.3 Å². The second kappa shape index (κ2) is 5.95. The van der Waals surface area contributed by atoms with Gasteiger partial charge in [0.1, 0.15) is 5.69 Å². The van der Waals surface area contributed by atoms with Gasteiger partial charge in [0.15, 0.2) is 0 Å². The summed E-state index contributed by atoms with van der Waals surface area (Å²) in [5.74, 6) is -0.143. The molecule has 0 aliphatic heterocycles. The molecule has 1 aromatic heterocycles. The topological polar surface area (TPSA) is 54.0 Å². The molecule has 1 saturated carbocycles. The van der Waals surface area contributed by atoms with Crippen molar-refractivity contribution in [1.82, 2.24) is 10.3 Å². The third-order valence-corrected chi connectivity index (χ3v) is 3.48. The fourth-order valence-corrected chi connectivity index (χ4v) is 2.20. The monoisotopic (exact) mass is 281 g/mol. The second-order valence-electron chi connectivity index (χ2n) is 5.52. The minimum atomic E-state index is -0.143. The molecule has 4 nitrogen and oxygen atoms in total. The molecule has 0 spiro atoms. The van der Waals surface area contributed by atoms with Crippen LogP contribution in [0.5, 0.6) is 0 Å². The molecule has 1 aliphatic carbocycles. The van der Waals surface area contributed by atoms with Crippen LogP contribution in [0.15, 0.2) is 42.6 Å². The molecular weight excluding hydrogens is 262 g/mol. The Hall–Kier alpha value is -2.36. The number of amides is 1. The minimum absolute atomic E-state index is 0.143. The van der Waals surface area contributed by atoms with Crippen molar-refractivity contribution >= 4 is 11.6 Å². The number of pyridine rings is 1. The number of carbonyl (C=O) groups excluding carboxylic acids is 1. The van der Waals surface area contributed by atoms with Crippen LogP contribution in [0.4, 0.5) is 5.69 Å². The number of nitrogens with one attached hydrogen (secondary N) is 2. The standard InChI is InChI=1S/C17H19N3O/c1-12-3-2-4-13(9-12)11-19-17(21)16-10-15(7-8-18-16)20-14-5-6-14/h2-4,7-10,14H,5-6,11H2,1H3,(H,18,20)(H,19,21). The van der Waals surface area contributed by atoms with Gasteiger partial charge in [0.2, 0.25) is 0 Å². The fraction of sp³-hybridized carbons (Fsp3) is 0.294. The van der Waals surface area contributed by atoms with Crippen molar-refractivity contribution in [3.63, 3.8) is 0 Å². The molecule has 2 N–H and O–H groups in total. The summed E-state index contributed by atoms with van der Waals surface area (Å²) in [7, 11) is 0. The van der Waals surface area contributed by atoms with E-state index in [2.05, 4.69) is 21.7 Å². The van der Waals surface area contributed by atoms with Crippen molar-refractivity contribution in [3.05, 3.63) is 59.4 Å². The maximum Gasteiger partial charge on any atom is 0.270 e. The van der Waals surface area contributed by atoms with Crippen LogP contribution in [0.1, 0.15) is 34.5 Å². The van der Waals surface area contributed by atoms with Gasteiger partial charge in [-0.1, -0.05) is 29.8 Å². The van der Waals surface area contributed by atoms with E-state index in [0.29, 0.717) is 18.3 Å². The number of benzene rings is 1. The number of hydrogen-bond acceptors (Lipinski definition) is 3. The van der Waals surface area contributed by atoms with Crippen LogP contribution in [-0.2, 0) is 6.54 Å². The molecule has 1 heterocycles. The Labute approximate surface area is 124 Å². The van der Waals surface area contributed by atoms with Gasteiger partial charge in [0.05, 0.1) is 0 Å². The summed E-state index contributed by atoms with van der Waals surface area (Å²) >= 11 is 0. The van der Waals surface area contributed by atoms with E-state index in [9.17, 15) is 4.79 Å². The van der Waals surface area contributed by atoms with Crippen molar-refractivity contribution in [2.45, 2.75) is 32.4 Å². The molecule has 0 unspecified atom stereocenters. The summed E-state index contributed by atoms with van der Waals surface area (Å²) in [6.07, 6.45) is 4.08. The Morgan fingerprint density at radius 2 is 2.14 bits per heavy atom. The van der Waals surface area contributed by atoms with Crippen LogP contribution in [0.25, 0.3) is 0 Å². The summed E-state index contributed by atoms with van der Waals surface area (Å²) in [5, 5.41) is 6.28. The molecule has 2 aromatic rings. The lowest BCUT2D eigenvalue weighted by Gasteiger charge is -2.08. The molecule has 0 saturated heterocycles. The van der Waals surface area contributed by atoms with Crippen LogP contribution in [-0.4, -0.2) is 16.9 Å². The van der Waals surface area contributed by atoms with Gasteiger partial charge in [-0.05, 0) is 37.5 Å². The first-order valence-electron chi connectivity index (χ1n) is 7.27. The first kappa shape index (κ1) is 13.6. The van der Waals surface area contributed by atoms with Crippen molar-refractivity contribution < 1.29 is 4.79 Å². The molecule has 4 heteroatoms. The van der Waals surface area contributed by atoms with E-state index in [4.69, 9.17) is 0 Å². The molecule has 1 fully saturated rings. The average Bonchev–Trinajstić information content (AvgIpc) is 3.29. The second-order valence-corrected chi connectivity index (χ2v) is 5.52. The molecule has 0 bridgehead atoms. The van der Waals surface area contributed by atoms with Crippen LogP contribution in [0, 0.1) is 6.92 Å². The van der Waals surface area contributed by atoms with Gasteiger partial charge in [-0.3, -0.25) is 9.78 Å². The fourth-order valence-electron chi connectivity index (χ4n) is 2.20. The molecule has 0 atom stereocenters. The number of anilines is 1. The van der Waals surface area contributed by atoms with Crippen molar-refractivity contribution in [2.24, 2.45) is 0 Å². The summed E-state index contributed by atoms with van der Waals surface area (Å²) in [6, 6.07) is 12.4. The normalized spacial score (nSPS) is 13.8. The van der Waals surface area contributed by atoms with E-state index < -0.39 is 0 Å². The lowest BCUT2D eigenvalue weighted by Crippen LogP contribution is -2.24. The van der Waals surface area contributed by atoms with Crippen molar-refractivity contribution in [1.29, 1.82) is 0 Å². The van der Waals surface area contributed by atoms with Gasteiger partial charge in [0.25, 0.3) is 5.91 Å². The molecule has 3 rings (SSSR count). The maximum atomic E-state index is 12.2. The molecule has 0 radical (unpaired) electrons. The summed E-state index contributed by atoms with van der Waals surface area (Å²) < 4.78 is 0. The first-order chi connectivity index (χ1) is 10.2. The maximum absolute atomic E-state index is 12.2. The zero-order valence-electron chi connectivity index (χ0n) is 12.1. The quantitative estimate of drug-likeness (QED) is 0.886. The number of carbonyl (C=O) groups is 1. The predicted molar refractivity (Wildman–Crippen MR) is 83.2 cm³/mol. The number of aromatic nitrogens is 1. The molecule has 1 aromatic carbocycles. The van der Waals surface area contributed by atoms with Gasteiger partial charge in [0, 0.05) is 24.5 Å². The Kier molecular flexibility index (Phi) is 3.86. The van der Waals surface area contributed by atoms with Crippen LogP contribution < -0.4 is 10.6 Å². The third-order valence-electron chi connectivity index (χ3n) is 3.48. The molecule has 108 valence electrons. The lowest BCUT2D eigenvalue weighted by atomic mass is 10.1. The Morgan fingerprint density at radius 1 is 1.29 bits per heavy atom. The van der Waals surface area contributed by atoms with E-state index in [-0.39, 0.29) is 5.91 Å². The summed E-state index contributed by atoms with van der Waals surface area (Å²) in [4.78, 5) is 16.3. The van der Waals surface area contributed by atoms with Gasteiger partial charge >= 0.3 is 0 Å². The zero-order chi connectivity index (χ0) is 14.7. The van der Waals surface area contributed by atoms with E-state index in [1.807, 2.05) is 37.3 Å².